The van der Waals surface area contributed by atoms with E-state index in [1.165, 1.54) is 11.1 Å². The van der Waals surface area contributed by atoms with Crippen LogP contribution in [0.25, 0.3) is 0 Å². The van der Waals surface area contributed by atoms with Crippen molar-refractivity contribution in [2.75, 3.05) is 0 Å². The predicted octanol–water partition coefficient (Wildman–Crippen LogP) is 1.81. The van der Waals surface area contributed by atoms with Gasteiger partial charge >= 0.3 is 0 Å². The SMILES string of the molecule is Cc1c(C#N)ccc2c1CC[C@@H]2N. The van der Waals surface area contributed by atoms with Crippen LogP contribution in [-0.2, 0) is 6.42 Å². The van der Waals surface area contributed by atoms with Gasteiger partial charge in [0.1, 0.15) is 0 Å². The first-order valence-corrected chi connectivity index (χ1v) is 4.52. The minimum absolute atomic E-state index is 0.182. The van der Waals surface area contributed by atoms with E-state index in [-0.39, 0.29) is 6.04 Å². The summed E-state index contributed by atoms with van der Waals surface area (Å²) in [6.07, 6.45) is 2.04. The molecule has 0 saturated carbocycles. The molecule has 2 N–H and O–H groups in total. The lowest BCUT2D eigenvalue weighted by Gasteiger charge is -2.07. The van der Waals surface area contributed by atoms with Crippen LogP contribution in [-0.4, -0.2) is 0 Å². The average Bonchev–Trinajstić information content (AvgIpc) is 2.50. The smallest absolute Gasteiger partial charge is 0.0994 e. The van der Waals surface area contributed by atoms with Gasteiger partial charge in [-0.15, -0.1) is 0 Å². The van der Waals surface area contributed by atoms with Gasteiger partial charge in [-0.3, -0.25) is 0 Å². The molecule has 0 unspecified atom stereocenters. The molecule has 0 aliphatic heterocycles. The Morgan fingerprint density at radius 1 is 1.54 bits per heavy atom. The maximum atomic E-state index is 8.83. The Kier molecular flexibility index (Phi) is 1.82. The van der Waals surface area contributed by atoms with Crippen LogP contribution in [0.5, 0.6) is 0 Å². The third-order valence-corrected chi connectivity index (χ3v) is 2.86. The fourth-order valence-corrected chi connectivity index (χ4v) is 2.03. The number of nitrogens with zero attached hydrogens (tertiary/aromatic N) is 1. The van der Waals surface area contributed by atoms with Crippen molar-refractivity contribution in [1.29, 1.82) is 5.26 Å². The minimum atomic E-state index is 0.182. The molecule has 13 heavy (non-hydrogen) atoms. The number of benzene rings is 1. The highest BCUT2D eigenvalue weighted by molar-refractivity contribution is 5.49. The summed E-state index contributed by atoms with van der Waals surface area (Å²) in [6.45, 7) is 2.01. The predicted molar refractivity (Wildman–Crippen MR) is 51.1 cm³/mol. The summed E-state index contributed by atoms with van der Waals surface area (Å²) in [5.74, 6) is 0. The number of rotatable bonds is 0. The Bertz CT molecular complexity index is 388. The Hall–Kier alpha value is -1.33. The van der Waals surface area contributed by atoms with Gasteiger partial charge in [0, 0.05) is 6.04 Å². The second-order valence-corrected chi connectivity index (χ2v) is 3.56. The third-order valence-electron chi connectivity index (χ3n) is 2.86. The fourth-order valence-electron chi connectivity index (χ4n) is 2.03. The van der Waals surface area contributed by atoms with Crippen LogP contribution < -0.4 is 5.73 Å². The third kappa shape index (κ3) is 1.13. The molecule has 0 aromatic heterocycles. The lowest BCUT2D eigenvalue weighted by atomic mass is 9.99. The van der Waals surface area contributed by atoms with Gasteiger partial charge in [-0.25, -0.2) is 0 Å². The fraction of sp³-hybridized carbons (Fsp3) is 0.364. The monoisotopic (exact) mass is 172 g/mol. The van der Waals surface area contributed by atoms with E-state index < -0.39 is 0 Å². The zero-order chi connectivity index (χ0) is 9.42. The van der Waals surface area contributed by atoms with E-state index in [2.05, 4.69) is 6.07 Å². The van der Waals surface area contributed by atoms with Crippen LogP contribution >= 0.6 is 0 Å². The summed E-state index contributed by atoms with van der Waals surface area (Å²) >= 11 is 0. The maximum absolute atomic E-state index is 8.83. The highest BCUT2D eigenvalue weighted by Gasteiger charge is 2.21. The molecule has 0 heterocycles. The Labute approximate surface area is 78.0 Å². The molecular formula is C11H12N2. The van der Waals surface area contributed by atoms with Crippen molar-refractivity contribution in [3.05, 3.63) is 34.4 Å². The topological polar surface area (TPSA) is 49.8 Å². The second kappa shape index (κ2) is 2.86. The van der Waals surface area contributed by atoms with Crippen molar-refractivity contribution >= 4 is 0 Å². The highest BCUT2D eigenvalue weighted by Crippen LogP contribution is 2.32. The summed E-state index contributed by atoms with van der Waals surface area (Å²) in [5.41, 5.74) is 10.4. The molecule has 0 radical (unpaired) electrons. The van der Waals surface area contributed by atoms with Crippen LogP contribution in [0.4, 0.5) is 0 Å². The summed E-state index contributed by atoms with van der Waals surface area (Å²) in [4.78, 5) is 0. The van der Waals surface area contributed by atoms with E-state index in [1.807, 2.05) is 19.1 Å². The zero-order valence-corrected chi connectivity index (χ0v) is 7.67. The highest BCUT2D eigenvalue weighted by atomic mass is 14.6. The summed E-state index contributed by atoms with van der Waals surface area (Å²) in [5, 5.41) is 8.83. The molecule has 0 saturated heterocycles. The van der Waals surface area contributed by atoms with Gasteiger partial charge in [-0.2, -0.15) is 5.26 Å². The van der Waals surface area contributed by atoms with Crippen molar-refractivity contribution in [1.82, 2.24) is 0 Å². The van der Waals surface area contributed by atoms with Gasteiger partial charge in [0.05, 0.1) is 11.6 Å². The Morgan fingerprint density at radius 3 is 3.00 bits per heavy atom. The molecule has 0 spiro atoms. The van der Waals surface area contributed by atoms with Gasteiger partial charge in [0.2, 0.25) is 0 Å². The molecule has 2 nitrogen and oxygen atoms in total. The standard InChI is InChI=1S/C11H12N2/c1-7-8(6-12)2-3-10-9(7)4-5-11(10)13/h2-3,11H,4-5,13H2,1H3/t11-/m0/s1. The van der Waals surface area contributed by atoms with Gasteiger partial charge in [0.15, 0.2) is 0 Å². The molecular weight excluding hydrogens is 160 g/mol. The van der Waals surface area contributed by atoms with E-state index >= 15 is 0 Å². The lowest BCUT2D eigenvalue weighted by molar-refractivity contribution is 0.713. The van der Waals surface area contributed by atoms with Crippen LogP contribution in [0.2, 0.25) is 0 Å². The van der Waals surface area contributed by atoms with Gasteiger partial charge in [-0.05, 0) is 42.5 Å². The molecule has 1 atom stereocenters. The van der Waals surface area contributed by atoms with E-state index in [4.69, 9.17) is 11.0 Å². The Balaban J connectivity index is 2.62. The van der Waals surface area contributed by atoms with E-state index in [1.54, 1.807) is 0 Å². The molecule has 2 rings (SSSR count). The zero-order valence-electron chi connectivity index (χ0n) is 7.67. The van der Waals surface area contributed by atoms with Crippen LogP contribution in [0.15, 0.2) is 12.1 Å². The van der Waals surface area contributed by atoms with Crippen LogP contribution in [0.1, 0.15) is 34.7 Å². The molecule has 1 aromatic carbocycles. The van der Waals surface area contributed by atoms with Gasteiger partial charge in [-0.1, -0.05) is 6.07 Å². The first-order chi connectivity index (χ1) is 6.24. The Morgan fingerprint density at radius 2 is 2.31 bits per heavy atom. The number of nitrogens with two attached hydrogens (primary N) is 1. The van der Waals surface area contributed by atoms with Crippen molar-refractivity contribution in [3.8, 4) is 6.07 Å². The number of nitriles is 1. The van der Waals surface area contributed by atoms with E-state index in [0.717, 1.165) is 24.0 Å². The largest absolute Gasteiger partial charge is 0.324 e. The van der Waals surface area contributed by atoms with E-state index in [0.29, 0.717) is 0 Å². The second-order valence-electron chi connectivity index (χ2n) is 3.56. The number of hydrogen-bond donors (Lipinski definition) is 1. The molecule has 2 heteroatoms. The van der Waals surface area contributed by atoms with Gasteiger partial charge < -0.3 is 5.73 Å². The normalized spacial score (nSPS) is 19.6. The van der Waals surface area contributed by atoms with Crippen molar-refractivity contribution in [2.45, 2.75) is 25.8 Å². The summed E-state index contributed by atoms with van der Waals surface area (Å²) in [7, 11) is 0. The molecule has 0 amide bonds. The maximum Gasteiger partial charge on any atom is 0.0994 e. The summed E-state index contributed by atoms with van der Waals surface area (Å²) < 4.78 is 0. The molecule has 0 fully saturated rings. The van der Waals surface area contributed by atoms with E-state index in [9.17, 15) is 0 Å². The number of hydrogen-bond acceptors (Lipinski definition) is 2. The number of fused-ring (bicyclic) bond motifs is 1. The van der Waals surface area contributed by atoms with Crippen molar-refractivity contribution < 1.29 is 0 Å². The quantitative estimate of drug-likeness (QED) is 0.648. The lowest BCUT2D eigenvalue weighted by Crippen LogP contribution is -2.05. The molecule has 66 valence electrons. The van der Waals surface area contributed by atoms with Crippen molar-refractivity contribution in [2.24, 2.45) is 5.73 Å². The summed E-state index contributed by atoms with van der Waals surface area (Å²) in [6, 6.07) is 6.25. The average molecular weight is 172 g/mol. The molecule has 0 bridgehead atoms. The molecule has 1 aliphatic rings. The molecule has 1 aliphatic carbocycles. The van der Waals surface area contributed by atoms with Crippen LogP contribution in [0, 0.1) is 18.3 Å². The minimum Gasteiger partial charge on any atom is -0.324 e. The first-order valence-electron chi connectivity index (χ1n) is 4.52. The van der Waals surface area contributed by atoms with Gasteiger partial charge in [0.25, 0.3) is 0 Å². The first kappa shape index (κ1) is 8.28. The van der Waals surface area contributed by atoms with Crippen molar-refractivity contribution in [3.63, 3.8) is 0 Å². The molecule has 1 aromatic rings. The van der Waals surface area contributed by atoms with Crippen LogP contribution in [0.3, 0.4) is 0 Å².